The van der Waals surface area contributed by atoms with Crippen molar-refractivity contribution in [3.63, 3.8) is 0 Å². The number of aromatic nitrogens is 3. The van der Waals surface area contributed by atoms with Crippen molar-refractivity contribution < 1.29 is 9.21 Å². The smallest absolute Gasteiger partial charge is 0.220 e. The van der Waals surface area contributed by atoms with Crippen LogP contribution in [0.4, 0.5) is 0 Å². The molecule has 0 unspecified atom stereocenters. The molecule has 1 amide bonds. The maximum Gasteiger partial charge on any atom is 0.220 e. The van der Waals surface area contributed by atoms with E-state index in [0.29, 0.717) is 37.6 Å². The first kappa shape index (κ1) is 19.5. The molecule has 0 aliphatic carbocycles. The molecule has 2 aromatic heterocycles. The summed E-state index contributed by atoms with van der Waals surface area (Å²) >= 11 is 0. The average Bonchev–Trinajstić information content (AvgIpc) is 3.25. The van der Waals surface area contributed by atoms with E-state index in [2.05, 4.69) is 56.9 Å². The van der Waals surface area contributed by atoms with Crippen LogP contribution in [0.15, 0.2) is 83.5 Å². The van der Waals surface area contributed by atoms with Crippen LogP contribution in [-0.2, 0) is 24.2 Å². The van der Waals surface area contributed by atoms with Crippen LogP contribution in [-0.4, -0.2) is 21.1 Å². The fourth-order valence-electron chi connectivity index (χ4n) is 3.09. The Kier molecular flexibility index (Phi) is 6.25. The predicted molar refractivity (Wildman–Crippen MR) is 113 cm³/mol. The lowest BCUT2D eigenvalue weighted by atomic mass is 10.0. The van der Waals surface area contributed by atoms with Gasteiger partial charge in [0.2, 0.25) is 17.7 Å². The van der Waals surface area contributed by atoms with E-state index in [4.69, 9.17) is 4.42 Å². The van der Waals surface area contributed by atoms with Gasteiger partial charge < -0.3 is 9.73 Å². The molecule has 0 aliphatic rings. The van der Waals surface area contributed by atoms with Crippen molar-refractivity contribution in [1.29, 1.82) is 0 Å². The van der Waals surface area contributed by atoms with Crippen molar-refractivity contribution in [2.45, 2.75) is 25.8 Å². The second-order valence-corrected chi connectivity index (χ2v) is 6.97. The second kappa shape index (κ2) is 9.60. The molecule has 0 spiro atoms. The zero-order valence-electron chi connectivity index (χ0n) is 16.5. The Labute approximate surface area is 175 Å². The molecule has 30 heavy (non-hydrogen) atoms. The van der Waals surface area contributed by atoms with E-state index < -0.39 is 0 Å². The normalized spacial score (nSPS) is 10.7. The Bertz CT molecular complexity index is 1080. The lowest BCUT2D eigenvalue weighted by Gasteiger charge is -2.03. The van der Waals surface area contributed by atoms with Gasteiger partial charge in [-0.05, 0) is 28.3 Å². The molecular weight excluding hydrogens is 376 g/mol. The Morgan fingerprint density at radius 2 is 1.60 bits per heavy atom. The molecule has 150 valence electrons. The molecule has 0 atom stereocenters. The van der Waals surface area contributed by atoms with Crippen LogP contribution in [0, 0.1) is 0 Å². The molecule has 0 fully saturated rings. The predicted octanol–water partition coefficient (Wildman–Crippen LogP) is 3.97. The van der Waals surface area contributed by atoms with E-state index in [1.807, 2.05) is 30.3 Å². The lowest BCUT2D eigenvalue weighted by Crippen LogP contribution is -2.23. The number of carbonyl (C=O) groups is 1. The van der Waals surface area contributed by atoms with Gasteiger partial charge in [0.15, 0.2) is 0 Å². The zero-order valence-corrected chi connectivity index (χ0v) is 16.5. The third kappa shape index (κ3) is 5.38. The Balaban J connectivity index is 1.26. The molecule has 4 aromatic rings. The van der Waals surface area contributed by atoms with Gasteiger partial charge in [-0.1, -0.05) is 60.7 Å². The Hall–Kier alpha value is -3.80. The van der Waals surface area contributed by atoms with Crippen molar-refractivity contribution in [1.82, 2.24) is 20.5 Å². The van der Waals surface area contributed by atoms with Crippen molar-refractivity contribution in [2.24, 2.45) is 0 Å². The molecule has 4 rings (SSSR count). The summed E-state index contributed by atoms with van der Waals surface area (Å²) in [7, 11) is 0. The van der Waals surface area contributed by atoms with Gasteiger partial charge in [0.25, 0.3) is 0 Å². The number of nitrogens with one attached hydrogen (secondary N) is 1. The first-order valence-corrected chi connectivity index (χ1v) is 9.87. The third-order valence-corrected chi connectivity index (χ3v) is 4.70. The number of carbonyl (C=O) groups excluding carboxylic acids is 1. The zero-order chi connectivity index (χ0) is 20.6. The highest BCUT2D eigenvalue weighted by Gasteiger charge is 2.10. The van der Waals surface area contributed by atoms with Crippen molar-refractivity contribution in [3.8, 4) is 11.1 Å². The van der Waals surface area contributed by atoms with Gasteiger partial charge in [-0.25, -0.2) is 0 Å². The van der Waals surface area contributed by atoms with Crippen molar-refractivity contribution in [3.05, 3.63) is 102 Å². The summed E-state index contributed by atoms with van der Waals surface area (Å²) in [6.07, 6.45) is 4.72. The molecule has 2 aromatic carbocycles. The molecule has 6 heteroatoms. The van der Waals surface area contributed by atoms with Gasteiger partial charge in [0, 0.05) is 31.8 Å². The monoisotopic (exact) mass is 398 g/mol. The Morgan fingerprint density at radius 1 is 0.833 bits per heavy atom. The molecule has 0 aliphatic heterocycles. The van der Waals surface area contributed by atoms with E-state index in [9.17, 15) is 4.79 Å². The van der Waals surface area contributed by atoms with Crippen LogP contribution >= 0.6 is 0 Å². The molecule has 0 saturated heterocycles. The minimum absolute atomic E-state index is 0.0601. The van der Waals surface area contributed by atoms with E-state index in [1.54, 1.807) is 12.4 Å². The van der Waals surface area contributed by atoms with Crippen LogP contribution in [0.3, 0.4) is 0 Å². The van der Waals surface area contributed by atoms with E-state index in [-0.39, 0.29) is 5.91 Å². The molecule has 0 radical (unpaired) electrons. The second-order valence-electron chi connectivity index (χ2n) is 6.97. The first-order valence-electron chi connectivity index (χ1n) is 9.87. The average molecular weight is 398 g/mol. The van der Waals surface area contributed by atoms with Crippen LogP contribution in [0.1, 0.15) is 29.3 Å². The molecular formula is C24H22N4O2. The Morgan fingerprint density at radius 3 is 2.37 bits per heavy atom. The highest BCUT2D eigenvalue weighted by Crippen LogP contribution is 2.20. The summed E-state index contributed by atoms with van der Waals surface area (Å²) in [4.78, 5) is 16.0. The van der Waals surface area contributed by atoms with Crippen LogP contribution in [0.25, 0.3) is 11.1 Å². The van der Waals surface area contributed by atoms with E-state index in [0.717, 1.165) is 11.1 Å². The number of aryl methyl sites for hydroxylation is 1. The maximum absolute atomic E-state index is 12.0. The highest BCUT2D eigenvalue weighted by atomic mass is 16.4. The van der Waals surface area contributed by atoms with Gasteiger partial charge in [-0.15, -0.1) is 10.2 Å². The third-order valence-electron chi connectivity index (χ3n) is 4.70. The summed E-state index contributed by atoms with van der Waals surface area (Å²) in [6, 6.07) is 22.3. The van der Waals surface area contributed by atoms with Gasteiger partial charge in [0.1, 0.15) is 0 Å². The number of amides is 1. The van der Waals surface area contributed by atoms with Crippen molar-refractivity contribution in [2.75, 3.05) is 0 Å². The largest absolute Gasteiger partial charge is 0.425 e. The minimum atomic E-state index is -0.0601. The quantitative estimate of drug-likeness (QED) is 0.486. The summed E-state index contributed by atoms with van der Waals surface area (Å²) in [5.41, 5.74) is 4.41. The number of pyridine rings is 1. The molecule has 1 N–H and O–H groups in total. The van der Waals surface area contributed by atoms with Crippen LogP contribution in [0.2, 0.25) is 0 Å². The lowest BCUT2D eigenvalue weighted by molar-refractivity contribution is -0.121. The number of nitrogens with zero attached hydrogens (tertiary/aromatic N) is 3. The van der Waals surface area contributed by atoms with Crippen molar-refractivity contribution >= 4 is 5.91 Å². The highest BCUT2D eigenvalue weighted by molar-refractivity contribution is 5.76. The van der Waals surface area contributed by atoms with Gasteiger partial charge in [-0.2, -0.15) is 0 Å². The summed E-state index contributed by atoms with van der Waals surface area (Å²) < 4.78 is 5.70. The molecule has 6 nitrogen and oxygen atoms in total. The first-order chi connectivity index (χ1) is 14.8. The van der Waals surface area contributed by atoms with Gasteiger partial charge in [-0.3, -0.25) is 9.78 Å². The number of hydrogen-bond acceptors (Lipinski definition) is 5. The molecule has 2 heterocycles. The fourth-order valence-corrected chi connectivity index (χ4v) is 3.09. The number of benzene rings is 2. The fraction of sp³-hybridized carbons (Fsp3) is 0.167. The van der Waals surface area contributed by atoms with E-state index in [1.165, 1.54) is 11.1 Å². The van der Waals surface area contributed by atoms with Crippen LogP contribution < -0.4 is 5.32 Å². The molecule has 0 bridgehead atoms. The van der Waals surface area contributed by atoms with Gasteiger partial charge in [0.05, 0.1) is 6.42 Å². The summed E-state index contributed by atoms with van der Waals surface area (Å²) in [5, 5.41) is 11.0. The number of rotatable bonds is 8. The maximum atomic E-state index is 12.0. The van der Waals surface area contributed by atoms with Crippen LogP contribution in [0.5, 0.6) is 0 Å². The summed E-state index contributed by atoms with van der Waals surface area (Å²) in [5.74, 6) is 0.964. The number of hydrogen-bond donors (Lipinski definition) is 1. The SMILES string of the molecule is O=C(CCc1nnc(Cc2ccc(-c3ccccc3)cc2)o1)NCc1cccnc1. The topological polar surface area (TPSA) is 80.9 Å². The standard InChI is InChI=1S/C24H22N4O2/c29-22(26-17-19-5-4-14-25-16-19)12-13-23-27-28-24(30-23)15-18-8-10-21(11-9-18)20-6-2-1-3-7-20/h1-11,14,16H,12-13,15,17H2,(H,26,29). The minimum Gasteiger partial charge on any atom is -0.425 e. The van der Waals surface area contributed by atoms with E-state index >= 15 is 0 Å². The van der Waals surface area contributed by atoms with Gasteiger partial charge >= 0.3 is 0 Å². The summed E-state index contributed by atoms with van der Waals surface area (Å²) in [6.45, 7) is 0.459. The molecule has 0 saturated carbocycles.